The van der Waals surface area contributed by atoms with Crippen molar-refractivity contribution in [3.05, 3.63) is 84.9 Å². The fourth-order valence-corrected chi connectivity index (χ4v) is 2.98. The van der Waals surface area contributed by atoms with Gasteiger partial charge in [0.05, 0.1) is 11.4 Å². The van der Waals surface area contributed by atoms with Gasteiger partial charge in [-0.1, -0.05) is 65.9 Å². The van der Waals surface area contributed by atoms with Gasteiger partial charge in [0.2, 0.25) is 0 Å². The van der Waals surface area contributed by atoms with Crippen molar-refractivity contribution in [1.82, 2.24) is 0 Å². The van der Waals surface area contributed by atoms with Crippen LogP contribution in [-0.2, 0) is 0 Å². The van der Waals surface area contributed by atoms with Gasteiger partial charge in [0.1, 0.15) is 0 Å². The minimum absolute atomic E-state index is 0.759. The molecule has 0 amide bonds. The molecule has 4 aromatic carbocycles. The van der Waals surface area contributed by atoms with Gasteiger partial charge in [-0.25, -0.2) is 5.01 Å². The second kappa shape index (κ2) is 6.73. The third-order valence-electron chi connectivity index (χ3n) is 4.33. The number of hydrogen-bond donors (Lipinski definition) is 0. The molecule has 122 valence electrons. The number of fused-ring (bicyclic) bond motifs is 2. The first-order valence-corrected chi connectivity index (χ1v) is 8.50. The Hall–Kier alpha value is -3.20. The first-order chi connectivity index (χ1) is 12.3. The van der Waals surface area contributed by atoms with Crippen molar-refractivity contribution >= 4 is 32.9 Å². The van der Waals surface area contributed by atoms with E-state index in [1.54, 1.807) is 0 Å². The maximum atomic E-state index is 4.45. The van der Waals surface area contributed by atoms with Crippen LogP contribution in [0.5, 0.6) is 0 Å². The first kappa shape index (κ1) is 15.3. The van der Waals surface area contributed by atoms with Crippen molar-refractivity contribution in [2.45, 2.75) is 6.92 Å². The maximum Gasteiger partial charge on any atom is 0.0880 e. The molecule has 0 heterocycles. The lowest BCUT2D eigenvalue weighted by molar-refractivity contribution is 0.836. The van der Waals surface area contributed by atoms with Crippen LogP contribution in [-0.4, -0.2) is 6.54 Å². The van der Waals surface area contributed by atoms with Crippen LogP contribution in [0.2, 0.25) is 0 Å². The summed E-state index contributed by atoms with van der Waals surface area (Å²) in [5.41, 5.74) is 1.91. The van der Waals surface area contributed by atoms with E-state index >= 15 is 0 Å². The first-order valence-electron chi connectivity index (χ1n) is 8.50. The van der Waals surface area contributed by atoms with Crippen LogP contribution in [0, 0.1) is 0 Å². The topological polar surface area (TPSA) is 28.0 Å². The summed E-state index contributed by atoms with van der Waals surface area (Å²) in [5.74, 6) is 0. The van der Waals surface area contributed by atoms with E-state index in [0.29, 0.717) is 0 Å². The van der Waals surface area contributed by atoms with E-state index in [9.17, 15) is 0 Å². The Kier molecular flexibility index (Phi) is 4.13. The molecule has 0 aromatic heterocycles. The van der Waals surface area contributed by atoms with Crippen LogP contribution in [0.4, 0.5) is 11.4 Å². The normalized spacial score (nSPS) is 11.4. The van der Waals surface area contributed by atoms with Crippen LogP contribution in [0.15, 0.2) is 95.3 Å². The molecule has 0 fully saturated rings. The van der Waals surface area contributed by atoms with E-state index < -0.39 is 0 Å². The van der Waals surface area contributed by atoms with Crippen molar-refractivity contribution < 1.29 is 0 Å². The van der Waals surface area contributed by atoms with Crippen molar-refractivity contribution in [2.24, 2.45) is 10.3 Å². The van der Waals surface area contributed by atoms with Gasteiger partial charge in [0.25, 0.3) is 0 Å². The second-order valence-electron chi connectivity index (χ2n) is 5.97. The van der Waals surface area contributed by atoms with Gasteiger partial charge in [-0.2, -0.15) is 0 Å². The molecule has 3 nitrogen and oxygen atoms in total. The monoisotopic (exact) mass is 325 g/mol. The summed E-state index contributed by atoms with van der Waals surface area (Å²) in [6.07, 6.45) is 0. The molecule has 0 N–H and O–H groups in total. The third-order valence-corrected chi connectivity index (χ3v) is 4.33. The van der Waals surface area contributed by atoms with Gasteiger partial charge >= 0.3 is 0 Å². The lowest BCUT2D eigenvalue weighted by atomic mass is 10.1. The quantitative estimate of drug-likeness (QED) is 0.310. The molecular formula is C22H19N3. The SMILES string of the molecule is CCN(N=Nc1ccc2ccccc2c1)c1ccc2ccccc2c1. The molecule has 0 unspecified atom stereocenters. The van der Waals surface area contributed by atoms with Crippen LogP contribution >= 0.6 is 0 Å². The van der Waals surface area contributed by atoms with Gasteiger partial charge in [-0.15, -0.1) is 5.11 Å². The summed E-state index contributed by atoms with van der Waals surface area (Å²) in [7, 11) is 0. The fourth-order valence-electron chi connectivity index (χ4n) is 2.98. The van der Waals surface area contributed by atoms with E-state index in [1.807, 2.05) is 23.2 Å². The van der Waals surface area contributed by atoms with E-state index in [0.717, 1.165) is 17.9 Å². The van der Waals surface area contributed by atoms with E-state index in [1.165, 1.54) is 21.5 Å². The molecule has 3 heteroatoms. The zero-order chi connectivity index (χ0) is 17.1. The fraction of sp³-hybridized carbons (Fsp3) is 0.0909. The zero-order valence-electron chi connectivity index (χ0n) is 14.1. The smallest absolute Gasteiger partial charge is 0.0880 e. The van der Waals surface area contributed by atoms with Gasteiger partial charge < -0.3 is 0 Å². The molecular weight excluding hydrogens is 306 g/mol. The Morgan fingerprint density at radius 1 is 0.680 bits per heavy atom. The van der Waals surface area contributed by atoms with Crippen molar-refractivity contribution in [2.75, 3.05) is 11.6 Å². The zero-order valence-corrected chi connectivity index (χ0v) is 14.1. The predicted molar refractivity (Wildman–Crippen MR) is 105 cm³/mol. The van der Waals surface area contributed by atoms with Crippen molar-refractivity contribution in [1.29, 1.82) is 0 Å². The number of rotatable bonds is 4. The van der Waals surface area contributed by atoms with Gasteiger partial charge in [-0.05, 0) is 52.7 Å². The molecule has 4 aromatic rings. The number of nitrogens with zero attached hydrogens (tertiary/aromatic N) is 3. The Bertz CT molecular complexity index is 1050. The average molecular weight is 325 g/mol. The Balaban J connectivity index is 1.64. The summed E-state index contributed by atoms with van der Waals surface area (Å²) in [4.78, 5) is 0. The van der Waals surface area contributed by atoms with Crippen LogP contribution in [0.1, 0.15) is 6.92 Å². The Labute approximate surface area is 147 Å². The number of benzene rings is 4. The van der Waals surface area contributed by atoms with Crippen molar-refractivity contribution in [3.8, 4) is 0 Å². The summed E-state index contributed by atoms with van der Waals surface area (Å²) >= 11 is 0. The van der Waals surface area contributed by atoms with Gasteiger partial charge in [0, 0.05) is 6.54 Å². The highest BCUT2D eigenvalue weighted by Crippen LogP contribution is 2.25. The molecule has 0 saturated heterocycles. The molecule has 0 bridgehead atoms. The maximum absolute atomic E-state index is 4.45. The molecule has 0 atom stereocenters. The third kappa shape index (κ3) is 3.22. The minimum atomic E-state index is 0.759. The minimum Gasteiger partial charge on any atom is -0.247 e. The number of anilines is 1. The predicted octanol–water partition coefficient (Wildman–Crippen LogP) is 6.52. The van der Waals surface area contributed by atoms with Crippen LogP contribution in [0.3, 0.4) is 0 Å². The molecule has 0 saturated carbocycles. The van der Waals surface area contributed by atoms with E-state index in [2.05, 4.69) is 84.0 Å². The van der Waals surface area contributed by atoms with Crippen LogP contribution < -0.4 is 5.01 Å². The summed E-state index contributed by atoms with van der Waals surface area (Å²) in [6.45, 7) is 2.84. The molecule has 4 rings (SSSR count). The molecule has 0 spiro atoms. The number of hydrogen-bond acceptors (Lipinski definition) is 2. The summed E-state index contributed by atoms with van der Waals surface area (Å²) in [6, 6.07) is 29.1. The second-order valence-corrected chi connectivity index (χ2v) is 5.97. The summed E-state index contributed by atoms with van der Waals surface area (Å²) < 4.78 is 0. The van der Waals surface area contributed by atoms with E-state index in [4.69, 9.17) is 0 Å². The standard InChI is InChI=1S/C22H19N3/c1-2-25(22-14-12-18-8-4-6-10-20(18)16-22)24-23-21-13-11-17-7-3-5-9-19(17)15-21/h3-16H,2H2,1H3. The summed E-state index contributed by atoms with van der Waals surface area (Å²) in [5, 5.41) is 15.6. The molecule has 25 heavy (non-hydrogen) atoms. The van der Waals surface area contributed by atoms with E-state index in [-0.39, 0.29) is 0 Å². The lowest BCUT2D eigenvalue weighted by Crippen LogP contribution is -2.14. The molecule has 0 aliphatic carbocycles. The van der Waals surface area contributed by atoms with Gasteiger partial charge in [0.15, 0.2) is 0 Å². The molecule has 0 aliphatic rings. The highest BCUT2D eigenvalue weighted by atomic mass is 15.5. The largest absolute Gasteiger partial charge is 0.247 e. The Morgan fingerprint density at radius 2 is 1.28 bits per heavy atom. The van der Waals surface area contributed by atoms with Crippen molar-refractivity contribution in [3.63, 3.8) is 0 Å². The molecule has 0 aliphatic heterocycles. The Morgan fingerprint density at radius 3 is 1.96 bits per heavy atom. The van der Waals surface area contributed by atoms with Crippen LogP contribution in [0.25, 0.3) is 21.5 Å². The molecule has 0 radical (unpaired) electrons. The van der Waals surface area contributed by atoms with Gasteiger partial charge in [-0.3, -0.25) is 0 Å². The lowest BCUT2D eigenvalue weighted by Gasteiger charge is -2.16. The highest BCUT2D eigenvalue weighted by Gasteiger charge is 2.04. The average Bonchev–Trinajstić information content (AvgIpc) is 2.68. The highest BCUT2D eigenvalue weighted by molar-refractivity contribution is 5.86.